The predicted octanol–water partition coefficient (Wildman–Crippen LogP) is 1.92. The molecular formula is C9H8FNO4. The summed E-state index contributed by atoms with van der Waals surface area (Å²) in [6.07, 6.45) is 0. The van der Waals surface area contributed by atoms with Gasteiger partial charge in [-0.1, -0.05) is 6.07 Å². The lowest BCUT2D eigenvalue weighted by molar-refractivity contribution is -0.387. The number of benzene rings is 1. The second-order valence-corrected chi connectivity index (χ2v) is 3.03. The summed E-state index contributed by atoms with van der Waals surface area (Å²) in [6.45, 7) is 1.38. The van der Waals surface area contributed by atoms with Crippen molar-refractivity contribution in [3.8, 4) is 0 Å². The number of aliphatic carboxylic acids is 1. The van der Waals surface area contributed by atoms with Gasteiger partial charge in [0.1, 0.15) is 0 Å². The Kier molecular flexibility index (Phi) is 2.99. The molecule has 1 aromatic carbocycles. The molecule has 0 bridgehead atoms. The van der Waals surface area contributed by atoms with Gasteiger partial charge in [0.25, 0.3) is 0 Å². The van der Waals surface area contributed by atoms with E-state index in [-0.39, 0.29) is 5.56 Å². The van der Waals surface area contributed by atoms with Crippen molar-refractivity contribution in [2.75, 3.05) is 0 Å². The van der Waals surface area contributed by atoms with Crippen LogP contribution in [0, 0.1) is 15.9 Å². The van der Waals surface area contributed by atoms with Crippen LogP contribution < -0.4 is 0 Å². The van der Waals surface area contributed by atoms with E-state index in [4.69, 9.17) is 5.11 Å². The standard InChI is InChI=1S/C9H8FNO4/c1-5(9(12)13)6-2-3-8(11(14)15)7(10)4-6/h2-5H,1H3,(H,12,13)/t5-/m0/s1. The van der Waals surface area contributed by atoms with E-state index < -0.39 is 28.3 Å². The zero-order valence-corrected chi connectivity index (χ0v) is 7.81. The van der Waals surface area contributed by atoms with Gasteiger partial charge in [-0.05, 0) is 18.6 Å². The Morgan fingerprint density at radius 1 is 1.60 bits per heavy atom. The Morgan fingerprint density at radius 2 is 2.20 bits per heavy atom. The monoisotopic (exact) mass is 213 g/mol. The molecule has 0 radical (unpaired) electrons. The van der Waals surface area contributed by atoms with E-state index in [1.807, 2.05) is 0 Å². The van der Waals surface area contributed by atoms with Crippen LogP contribution in [-0.2, 0) is 4.79 Å². The molecule has 1 aromatic rings. The molecule has 0 aliphatic rings. The molecular weight excluding hydrogens is 205 g/mol. The Morgan fingerprint density at radius 3 is 2.60 bits per heavy atom. The first kappa shape index (κ1) is 11.1. The van der Waals surface area contributed by atoms with Crippen molar-refractivity contribution in [3.05, 3.63) is 39.7 Å². The lowest BCUT2D eigenvalue weighted by Gasteiger charge is -2.05. The summed E-state index contributed by atoms with van der Waals surface area (Å²) in [5.74, 6) is -3.02. The van der Waals surface area contributed by atoms with Gasteiger partial charge in [0.15, 0.2) is 0 Å². The fraction of sp³-hybridized carbons (Fsp3) is 0.222. The maximum atomic E-state index is 13.1. The van der Waals surface area contributed by atoms with Crippen molar-refractivity contribution in [3.63, 3.8) is 0 Å². The minimum atomic E-state index is -1.11. The number of carboxylic acids is 1. The van der Waals surface area contributed by atoms with Gasteiger partial charge in [-0.15, -0.1) is 0 Å². The van der Waals surface area contributed by atoms with Gasteiger partial charge in [0, 0.05) is 6.07 Å². The number of carbonyl (C=O) groups is 1. The lowest BCUT2D eigenvalue weighted by atomic mass is 10.0. The van der Waals surface area contributed by atoms with Crippen LogP contribution in [0.3, 0.4) is 0 Å². The molecule has 1 rings (SSSR count). The summed E-state index contributed by atoms with van der Waals surface area (Å²) in [6, 6.07) is 3.07. The highest BCUT2D eigenvalue weighted by Gasteiger charge is 2.19. The van der Waals surface area contributed by atoms with E-state index in [0.29, 0.717) is 0 Å². The van der Waals surface area contributed by atoms with Crippen LogP contribution in [0.25, 0.3) is 0 Å². The fourth-order valence-electron chi connectivity index (χ4n) is 1.08. The molecule has 0 saturated carbocycles. The summed E-state index contributed by atoms with van der Waals surface area (Å²) in [5.41, 5.74) is -0.457. The van der Waals surface area contributed by atoms with Gasteiger partial charge < -0.3 is 5.11 Å². The summed E-state index contributed by atoms with van der Waals surface area (Å²) in [4.78, 5) is 20.0. The maximum absolute atomic E-state index is 13.1. The Balaban J connectivity index is 3.12. The molecule has 0 heterocycles. The van der Waals surface area contributed by atoms with Crippen LogP contribution in [-0.4, -0.2) is 16.0 Å². The van der Waals surface area contributed by atoms with Gasteiger partial charge in [-0.3, -0.25) is 14.9 Å². The molecule has 5 nitrogen and oxygen atoms in total. The van der Waals surface area contributed by atoms with E-state index in [0.717, 1.165) is 12.1 Å². The van der Waals surface area contributed by atoms with E-state index in [1.165, 1.54) is 13.0 Å². The van der Waals surface area contributed by atoms with Crippen molar-refractivity contribution in [1.29, 1.82) is 0 Å². The molecule has 0 aromatic heterocycles. The second-order valence-electron chi connectivity index (χ2n) is 3.03. The molecule has 0 aliphatic carbocycles. The summed E-state index contributed by atoms with van der Waals surface area (Å²) >= 11 is 0. The van der Waals surface area contributed by atoms with Crippen LogP contribution in [0.2, 0.25) is 0 Å². The third-order valence-corrected chi connectivity index (χ3v) is 2.04. The summed E-state index contributed by atoms with van der Waals surface area (Å²) in [7, 11) is 0. The van der Waals surface area contributed by atoms with Gasteiger partial charge in [0.05, 0.1) is 10.8 Å². The zero-order chi connectivity index (χ0) is 11.6. The Bertz CT molecular complexity index is 419. The number of hydrogen-bond donors (Lipinski definition) is 1. The molecule has 0 saturated heterocycles. The number of hydrogen-bond acceptors (Lipinski definition) is 3. The van der Waals surface area contributed by atoms with E-state index in [1.54, 1.807) is 0 Å². The third kappa shape index (κ3) is 2.28. The minimum Gasteiger partial charge on any atom is -0.481 e. The molecule has 0 unspecified atom stereocenters. The number of nitrogens with zero attached hydrogens (tertiary/aromatic N) is 1. The number of nitro benzene ring substituents is 1. The van der Waals surface area contributed by atoms with Crippen molar-refractivity contribution >= 4 is 11.7 Å². The van der Waals surface area contributed by atoms with Gasteiger partial charge in [-0.25, -0.2) is 0 Å². The van der Waals surface area contributed by atoms with Crippen molar-refractivity contribution in [2.24, 2.45) is 0 Å². The molecule has 0 spiro atoms. The number of carboxylic acid groups (broad SMARTS) is 1. The third-order valence-electron chi connectivity index (χ3n) is 2.04. The molecule has 0 amide bonds. The predicted molar refractivity (Wildman–Crippen MR) is 49.1 cm³/mol. The van der Waals surface area contributed by atoms with Gasteiger partial charge >= 0.3 is 11.7 Å². The van der Waals surface area contributed by atoms with Crippen LogP contribution in [0.5, 0.6) is 0 Å². The first-order valence-corrected chi connectivity index (χ1v) is 4.10. The Labute approximate surface area is 84.3 Å². The Hall–Kier alpha value is -1.98. The smallest absolute Gasteiger partial charge is 0.310 e. The van der Waals surface area contributed by atoms with Crippen molar-refractivity contribution < 1.29 is 19.2 Å². The van der Waals surface area contributed by atoms with Gasteiger partial charge in [-0.2, -0.15) is 4.39 Å². The van der Waals surface area contributed by atoms with Crippen LogP contribution >= 0.6 is 0 Å². The summed E-state index contributed by atoms with van der Waals surface area (Å²) < 4.78 is 13.1. The van der Waals surface area contributed by atoms with E-state index in [9.17, 15) is 19.3 Å². The summed E-state index contributed by atoms with van der Waals surface area (Å²) in [5, 5.41) is 18.9. The fourth-order valence-corrected chi connectivity index (χ4v) is 1.08. The highest BCUT2D eigenvalue weighted by molar-refractivity contribution is 5.75. The van der Waals surface area contributed by atoms with Crippen molar-refractivity contribution in [2.45, 2.75) is 12.8 Å². The topological polar surface area (TPSA) is 80.4 Å². The lowest BCUT2D eigenvalue weighted by Crippen LogP contribution is -2.08. The molecule has 0 aliphatic heterocycles. The quantitative estimate of drug-likeness (QED) is 0.614. The van der Waals surface area contributed by atoms with Crippen molar-refractivity contribution in [1.82, 2.24) is 0 Å². The number of nitro groups is 1. The minimum absolute atomic E-state index is 0.200. The molecule has 1 N–H and O–H groups in total. The van der Waals surface area contributed by atoms with Gasteiger partial charge in [0.2, 0.25) is 5.82 Å². The molecule has 6 heteroatoms. The molecule has 15 heavy (non-hydrogen) atoms. The first-order valence-electron chi connectivity index (χ1n) is 4.10. The highest BCUT2D eigenvalue weighted by atomic mass is 19.1. The molecule has 80 valence electrons. The normalized spacial score (nSPS) is 12.1. The second kappa shape index (κ2) is 4.04. The highest BCUT2D eigenvalue weighted by Crippen LogP contribution is 2.22. The van der Waals surface area contributed by atoms with E-state index in [2.05, 4.69) is 0 Å². The molecule has 0 fully saturated rings. The van der Waals surface area contributed by atoms with Crippen LogP contribution in [0.1, 0.15) is 18.4 Å². The molecule has 1 atom stereocenters. The maximum Gasteiger partial charge on any atom is 0.310 e. The van der Waals surface area contributed by atoms with E-state index >= 15 is 0 Å². The zero-order valence-electron chi connectivity index (χ0n) is 7.81. The van der Waals surface area contributed by atoms with Crippen LogP contribution in [0.15, 0.2) is 18.2 Å². The average molecular weight is 213 g/mol. The number of rotatable bonds is 3. The van der Waals surface area contributed by atoms with Crippen LogP contribution in [0.4, 0.5) is 10.1 Å². The largest absolute Gasteiger partial charge is 0.481 e. The number of halogens is 1. The average Bonchev–Trinajstić information content (AvgIpc) is 2.15. The first-order chi connectivity index (χ1) is 6.93. The SMILES string of the molecule is C[C@H](C(=O)O)c1ccc([N+](=O)[O-])c(F)c1.